The van der Waals surface area contributed by atoms with Crippen LogP contribution in [-0.4, -0.2) is 62.2 Å². The lowest BCUT2D eigenvalue weighted by Gasteiger charge is -2.30. The Morgan fingerprint density at radius 3 is 2.37 bits per heavy atom. The molecule has 0 heterocycles. The number of hydrogen-bond donors (Lipinski definition) is 1. The van der Waals surface area contributed by atoms with Gasteiger partial charge in [0.25, 0.3) is 0 Å². The second-order valence-corrected chi connectivity index (χ2v) is 10.7. The molecule has 2 amide bonds. The number of nitrogens with one attached hydrogen (secondary N) is 1. The maximum atomic E-state index is 13.3. The Kier molecular flexibility index (Phi) is 10.7. The average Bonchev–Trinajstić information content (AvgIpc) is 2.87. The normalized spacial score (nSPS) is 13.2. The highest BCUT2D eigenvalue weighted by atomic mass is 32.2. The Bertz CT molecular complexity index is 1080. The molecule has 0 fully saturated rings. The molecule has 2 aromatic carbocycles. The van der Waals surface area contributed by atoms with Gasteiger partial charge in [-0.05, 0) is 56.5 Å². The summed E-state index contributed by atoms with van der Waals surface area (Å²) >= 11 is 0. The Labute approximate surface area is 209 Å². The molecule has 0 saturated carbocycles. The van der Waals surface area contributed by atoms with Gasteiger partial charge >= 0.3 is 0 Å². The van der Waals surface area contributed by atoms with E-state index in [4.69, 9.17) is 4.74 Å². The van der Waals surface area contributed by atoms with Crippen molar-refractivity contribution in [2.24, 2.45) is 0 Å². The maximum Gasteiger partial charge on any atom is 0.242 e. The summed E-state index contributed by atoms with van der Waals surface area (Å²) < 4.78 is 32.0. The van der Waals surface area contributed by atoms with Gasteiger partial charge in [-0.1, -0.05) is 37.3 Å². The molecule has 0 aliphatic carbocycles. The van der Waals surface area contributed by atoms with E-state index in [1.54, 1.807) is 44.4 Å². The molecule has 0 aliphatic rings. The lowest BCUT2D eigenvalue weighted by atomic mass is 10.1. The Balaban J connectivity index is 2.11. The molecule has 0 aliphatic heterocycles. The van der Waals surface area contributed by atoms with Crippen LogP contribution in [0.2, 0.25) is 0 Å². The van der Waals surface area contributed by atoms with Crippen molar-refractivity contribution in [1.29, 1.82) is 0 Å². The summed E-state index contributed by atoms with van der Waals surface area (Å²) in [4.78, 5) is 27.8. The second kappa shape index (κ2) is 13.3. The second-order valence-electron chi connectivity index (χ2n) is 8.61. The van der Waals surface area contributed by atoms with Gasteiger partial charge in [-0.2, -0.15) is 0 Å². The smallest absolute Gasteiger partial charge is 0.242 e. The molecule has 0 aromatic heterocycles. The number of hydrogen-bond acceptors (Lipinski definition) is 5. The van der Waals surface area contributed by atoms with Crippen LogP contribution in [0.15, 0.2) is 59.5 Å². The van der Waals surface area contributed by atoms with Gasteiger partial charge in [-0.15, -0.1) is 0 Å². The molecule has 2 aromatic rings. The zero-order chi connectivity index (χ0) is 26.0. The molecular formula is C26H37N3O5S. The first-order valence-corrected chi connectivity index (χ1v) is 13.3. The molecule has 2 unspecified atom stereocenters. The summed E-state index contributed by atoms with van der Waals surface area (Å²) in [5.74, 6) is 0.226. The topological polar surface area (TPSA) is 96.0 Å². The molecule has 2 atom stereocenters. The van der Waals surface area contributed by atoms with E-state index in [0.717, 1.165) is 12.0 Å². The van der Waals surface area contributed by atoms with Crippen LogP contribution in [-0.2, 0) is 26.2 Å². The zero-order valence-electron chi connectivity index (χ0n) is 21.2. The Morgan fingerprint density at radius 2 is 1.74 bits per heavy atom. The highest BCUT2D eigenvalue weighted by molar-refractivity contribution is 7.89. The fourth-order valence-corrected chi connectivity index (χ4v) is 4.74. The van der Waals surface area contributed by atoms with E-state index < -0.39 is 16.1 Å². The van der Waals surface area contributed by atoms with Crippen molar-refractivity contribution in [1.82, 2.24) is 14.5 Å². The molecule has 8 nitrogen and oxygen atoms in total. The van der Waals surface area contributed by atoms with Crippen molar-refractivity contribution in [3.63, 3.8) is 0 Å². The average molecular weight is 504 g/mol. The van der Waals surface area contributed by atoms with Crippen LogP contribution in [0.4, 0.5) is 0 Å². The van der Waals surface area contributed by atoms with Crippen LogP contribution in [0.25, 0.3) is 0 Å². The fraction of sp³-hybridized carbons (Fsp3) is 0.462. The van der Waals surface area contributed by atoms with Crippen molar-refractivity contribution < 1.29 is 22.7 Å². The number of rotatable bonds is 13. The molecule has 0 spiro atoms. The van der Waals surface area contributed by atoms with Crippen LogP contribution >= 0.6 is 0 Å². The predicted molar refractivity (Wildman–Crippen MR) is 136 cm³/mol. The minimum atomic E-state index is -3.63. The molecule has 1 N–H and O–H groups in total. The molecular weight excluding hydrogens is 466 g/mol. The van der Waals surface area contributed by atoms with Crippen LogP contribution < -0.4 is 10.1 Å². The van der Waals surface area contributed by atoms with E-state index in [2.05, 4.69) is 5.32 Å². The van der Waals surface area contributed by atoms with Crippen LogP contribution in [0.1, 0.15) is 45.6 Å². The summed E-state index contributed by atoms with van der Waals surface area (Å²) in [7, 11) is -0.553. The SMILES string of the molecule is CCC(C)NC(=O)C(C)N(Cc1cccc(OC)c1)C(=O)CCCN(C)S(=O)(=O)c1ccccc1. The van der Waals surface area contributed by atoms with Gasteiger partial charge in [0, 0.05) is 32.6 Å². The van der Waals surface area contributed by atoms with Crippen LogP contribution in [0.3, 0.4) is 0 Å². The predicted octanol–water partition coefficient (Wildman–Crippen LogP) is 3.43. The molecule has 0 bridgehead atoms. The zero-order valence-corrected chi connectivity index (χ0v) is 22.0. The molecule has 0 saturated heterocycles. The third kappa shape index (κ3) is 8.07. The van der Waals surface area contributed by atoms with Gasteiger partial charge < -0.3 is 15.0 Å². The van der Waals surface area contributed by atoms with Gasteiger partial charge in [0.2, 0.25) is 21.8 Å². The molecule has 9 heteroatoms. The lowest BCUT2D eigenvalue weighted by molar-refractivity contribution is -0.141. The molecule has 2 rings (SSSR count). The minimum absolute atomic E-state index is 0.00411. The first-order chi connectivity index (χ1) is 16.6. The fourth-order valence-electron chi connectivity index (χ4n) is 3.50. The van der Waals surface area contributed by atoms with E-state index >= 15 is 0 Å². The van der Waals surface area contributed by atoms with Crippen molar-refractivity contribution in [3.05, 3.63) is 60.2 Å². The number of sulfonamides is 1. The van der Waals surface area contributed by atoms with E-state index in [0.29, 0.717) is 12.2 Å². The Morgan fingerprint density at radius 1 is 1.06 bits per heavy atom. The number of benzene rings is 2. The molecule has 192 valence electrons. The number of ether oxygens (including phenoxy) is 1. The third-order valence-electron chi connectivity index (χ3n) is 5.97. The number of amides is 2. The van der Waals surface area contributed by atoms with Crippen molar-refractivity contribution in [2.45, 2.75) is 63.6 Å². The van der Waals surface area contributed by atoms with E-state index in [-0.39, 0.29) is 42.3 Å². The van der Waals surface area contributed by atoms with Crippen LogP contribution in [0.5, 0.6) is 5.75 Å². The maximum absolute atomic E-state index is 13.3. The highest BCUT2D eigenvalue weighted by Gasteiger charge is 2.27. The third-order valence-corrected chi connectivity index (χ3v) is 7.84. The Hall–Kier alpha value is -2.91. The molecule has 0 radical (unpaired) electrons. The standard InChI is InChI=1S/C26H37N3O5S/c1-6-20(2)27-26(31)21(3)29(19-22-12-10-13-23(18-22)34-5)25(30)16-11-17-28(4)35(32,33)24-14-8-7-9-15-24/h7-10,12-15,18,20-21H,6,11,16-17,19H2,1-5H3,(H,27,31). The van der Waals surface area contributed by atoms with Gasteiger partial charge in [0.1, 0.15) is 11.8 Å². The van der Waals surface area contributed by atoms with Gasteiger partial charge in [-0.3, -0.25) is 9.59 Å². The van der Waals surface area contributed by atoms with Gasteiger partial charge in [-0.25, -0.2) is 12.7 Å². The summed E-state index contributed by atoms with van der Waals surface area (Å²) in [6.07, 6.45) is 1.22. The van der Waals surface area contributed by atoms with Gasteiger partial charge in [0.15, 0.2) is 0 Å². The summed E-state index contributed by atoms with van der Waals surface area (Å²) in [5.41, 5.74) is 0.838. The largest absolute Gasteiger partial charge is 0.497 e. The first-order valence-electron chi connectivity index (χ1n) is 11.8. The summed E-state index contributed by atoms with van der Waals surface area (Å²) in [5, 5.41) is 2.94. The van der Waals surface area contributed by atoms with E-state index in [9.17, 15) is 18.0 Å². The van der Waals surface area contributed by atoms with Gasteiger partial charge in [0.05, 0.1) is 12.0 Å². The number of carbonyl (C=O) groups excluding carboxylic acids is 2. The van der Waals surface area contributed by atoms with E-state index in [1.165, 1.54) is 16.3 Å². The number of carbonyl (C=O) groups is 2. The minimum Gasteiger partial charge on any atom is -0.497 e. The lowest BCUT2D eigenvalue weighted by Crippen LogP contribution is -2.49. The number of nitrogens with zero attached hydrogens (tertiary/aromatic N) is 2. The summed E-state index contributed by atoms with van der Waals surface area (Å²) in [6, 6.07) is 14.9. The van der Waals surface area contributed by atoms with Crippen molar-refractivity contribution >= 4 is 21.8 Å². The highest BCUT2D eigenvalue weighted by Crippen LogP contribution is 2.18. The van der Waals surface area contributed by atoms with Crippen molar-refractivity contribution in [2.75, 3.05) is 20.7 Å². The van der Waals surface area contributed by atoms with Crippen molar-refractivity contribution in [3.8, 4) is 5.75 Å². The van der Waals surface area contributed by atoms with Crippen LogP contribution in [0, 0.1) is 0 Å². The molecule has 35 heavy (non-hydrogen) atoms. The quantitative estimate of drug-likeness (QED) is 0.452. The number of methoxy groups -OCH3 is 1. The van der Waals surface area contributed by atoms with E-state index in [1.807, 2.05) is 38.1 Å². The first kappa shape index (κ1) is 28.3. The monoisotopic (exact) mass is 503 g/mol. The summed E-state index contributed by atoms with van der Waals surface area (Å²) in [6.45, 7) is 6.03.